The van der Waals surface area contributed by atoms with E-state index in [1.807, 2.05) is 6.07 Å². The van der Waals surface area contributed by atoms with E-state index in [2.05, 4.69) is 0 Å². The molecule has 2 N–H and O–H groups in total. The number of ether oxygens (including phenoxy) is 1. The van der Waals surface area contributed by atoms with Crippen LogP contribution in [0.4, 0.5) is 4.39 Å². The molecule has 0 spiro atoms. The van der Waals surface area contributed by atoms with Gasteiger partial charge >= 0.3 is 0 Å². The predicted octanol–water partition coefficient (Wildman–Crippen LogP) is 2.04. The normalized spacial score (nSPS) is 12.0. The Kier molecular flexibility index (Phi) is 5.21. The molecule has 0 aliphatic rings. The first-order chi connectivity index (χ1) is 13.0. The fourth-order valence-electron chi connectivity index (χ4n) is 3.05. The summed E-state index contributed by atoms with van der Waals surface area (Å²) in [6.45, 7) is -0.866. The van der Waals surface area contributed by atoms with Crippen molar-refractivity contribution in [3.8, 4) is 22.9 Å². The van der Waals surface area contributed by atoms with Crippen LogP contribution in [0.1, 0.15) is 5.69 Å². The van der Waals surface area contributed by atoms with E-state index in [9.17, 15) is 19.6 Å². The highest BCUT2D eigenvalue weighted by molar-refractivity contribution is 5.99. The van der Waals surface area contributed by atoms with Crippen LogP contribution in [-0.2, 0) is 6.54 Å². The molecular weight excluding hydrogens is 351 g/mol. The highest BCUT2D eigenvalue weighted by Crippen LogP contribution is 2.34. The fourth-order valence-corrected chi connectivity index (χ4v) is 3.05. The Morgan fingerprint density at radius 3 is 2.63 bits per heavy atom. The molecule has 3 rings (SSSR count). The molecular formula is C20H17FN2O4. The minimum atomic E-state index is -1.24. The molecule has 0 aliphatic heterocycles. The summed E-state index contributed by atoms with van der Waals surface area (Å²) in [5.74, 6) is -0.0949. The average molecular weight is 368 g/mol. The van der Waals surface area contributed by atoms with Crippen LogP contribution in [0.2, 0.25) is 0 Å². The Labute approximate surface area is 154 Å². The predicted molar refractivity (Wildman–Crippen MR) is 98.0 cm³/mol. The van der Waals surface area contributed by atoms with Crippen molar-refractivity contribution in [3.63, 3.8) is 0 Å². The van der Waals surface area contributed by atoms with Gasteiger partial charge in [-0.15, -0.1) is 0 Å². The molecule has 0 bridgehead atoms. The number of pyridine rings is 1. The molecule has 138 valence electrons. The van der Waals surface area contributed by atoms with Crippen LogP contribution in [0.3, 0.4) is 0 Å². The monoisotopic (exact) mass is 368 g/mol. The van der Waals surface area contributed by atoms with Crippen LogP contribution < -0.4 is 10.3 Å². The maximum atomic E-state index is 14.5. The van der Waals surface area contributed by atoms with E-state index >= 15 is 0 Å². The van der Waals surface area contributed by atoms with E-state index in [0.717, 1.165) is 4.57 Å². The van der Waals surface area contributed by atoms with Crippen molar-refractivity contribution < 1.29 is 19.3 Å². The van der Waals surface area contributed by atoms with Gasteiger partial charge in [-0.25, -0.2) is 4.39 Å². The van der Waals surface area contributed by atoms with Gasteiger partial charge in [0, 0.05) is 21.9 Å². The van der Waals surface area contributed by atoms with Crippen molar-refractivity contribution in [1.29, 1.82) is 5.26 Å². The van der Waals surface area contributed by atoms with Gasteiger partial charge in [-0.1, -0.05) is 18.2 Å². The van der Waals surface area contributed by atoms with Gasteiger partial charge in [0.15, 0.2) is 0 Å². The van der Waals surface area contributed by atoms with E-state index in [0.29, 0.717) is 11.1 Å². The Morgan fingerprint density at radius 1 is 1.26 bits per heavy atom. The van der Waals surface area contributed by atoms with Gasteiger partial charge in [-0.3, -0.25) is 9.36 Å². The number of aromatic nitrogens is 1. The summed E-state index contributed by atoms with van der Waals surface area (Å²) in [4.78, 5) is 12.9. The number of fused-ring (bicyclic) bond motifs is 1. The third kappa shape index (κ3) is 3.28. The minimum Gasteiger partial charge on any atom is -0.497 e. The maximum Gasteiger partial charge on any atom is 0.259 e. The molecule has 3 aromatic rings. The molecule has 1 unspecified atom stereocenters. The zero-order chi connectivity index (χ0) is 19.6. The zero-order valence-electron chi connectivity index (χ0n) is 14.5. The number of benzene rings is 2. The lowest BCUT2D eigenvalue weighted by Crippen LogP contribution is -2.31. The standard InChI is InChI=1S/C20H17FN2O4/c1-27-13-6-7-14-16(8-13)19(15-4-2-3-5-17(15)21)18(9-22)23(20(14)26)10-12(25)11-24/h2-8,12,24-25H,10-11H2,1H3. The number of halogens is 1. The van der Waals surface area contributed by atoms with Gasteiger partial charge in [0.25, 0.3) is 5.56 Å². The van der Waals surface area contributed by atoms with E-state index in [4.69, 9.17) is 9.84 Å². The molecule has 0 aliphatic carbocycles. The Balaban J connectivity index is 2.49. The molecule has 0 amide bonds. The second-order valence-corrected chi connectivity index (χ2v) is 5.98. The van der Waals surface area contributed by atoms with Gasteiger partial charge in [0.2, 0.25) is 0 Å². The first-order valence-corrected chi connectivity index (χ1v) is 8.20. The largest absolute Gasteiger partial charge is 0.497 e. The molecule has 0 saturated carbocycles. The van der Waals surface area contributed by atoms with Crippen molar-refractivity contribution >= 4 is 10.8 Å². The second kappa shape index (κ2) is 7.58. The average Bonchev–Trinajstić information content (AvgIpc) is 2.69. The number of hydrogen-bond donors (Lipinski definition) is 2. The lowest BCUT2D eigenvalue weighted by Gasteiger charge is -2.18. The van der Waals surface area contributed by atoms with Crippen molar-refractivity contribution in [2.45, 2.75) is 12.6 Å². The summed E-state index contributed by atoms with van der Waals surface area (Å²) in [7, 11) is 1.47. The SMILES string of the molecule is COc1ccc2c(=O)n(CC(O)CO)c(C#N)c(-c3ccccc3F)c2c1. The zero-order valence-corrected chi connectivity index (χ0v) is 14.5. The van der Waals surface area contributed by atoms with Gasteiger partial charge in [-0.05, 0) is 24.3 Å². The van der Waals surface area contributed by atoms with Crippen LogP contribution >= 0.6 is 0 Å². The van der Waals surface area contributed by atoms with Gasteiger partial charge in [-0.2, -0.15) is 5.26 Å². The molecule has 2 aromatic carbocycles. The van der Waals surface area contributed by atoms with Crippen LogP contribution in [-0.4, -0.2) is 34.6 Å². The van der Waals surface area contributed by atoms with E-state index in [-0.39, 0.29) is 28.8 Å². The van der Waals surface area contributed by atoms with Crippen LogP contribution in [0, 0.1) is 17.1 Å². The van der Waals surface area contributed by atoms with E-state index < -0.39 is 24.1 Å². The van der Waals surface area contributed by atoms with Crippen LogP contribution in [0.5, 0.6) is 5.75 Å². The number of aliphatic hydroxyl groups excluding tert-OH is 2. The Hall–Kier alpha value is -3.21. The lowest BCUT2D eigenvalue weighted by atomic mass is 9.96. The summed E-state index contributed by atoms with van der Waals surface area (Å²) in [6.07, 6.45) is -1.24. The van der Waals surface area contributed by atoms with Gasteiger partial charge in [0.1, 0.15) is 23.3 Å². The number of nitrogens with zero attached hydrogens (tertiary/aromatic N) is 2. The number of rotatable bonds is 5. The summed E-state index contributed by atoms with van der Waals surface area (Å²) >= 11 is 0. The molecule has 1 aromatic heterocycles. The Bertz CT molecular complexity index is 1100. The van der Waals surface area contributed by atoms with Crippen LogP contribution in [0.15, 0.2) is 47.3 Å². The minimum absolute atomic E-state index is 0.0987. The maximum absolute atomic E-state index is 14.5. The van der Waals surface area contributed by atoms with Crippen molar-refractivity contribution in [2.75, 3.05) is 13.7 Å². The second-order valence-electron chi connectivity index (χ2n) is 5.98. The summed E-state index contributed by atoms with van der Waals surface area (Å²) < 4.78 is 20.8. The molecule has 0 radical (unpaired) electrons. The highest BCUT2D eigenvalue weighted by Gasteiger charge is 2.22. The number of methoxy groups -OCH3 is 1. The van der Waals surface area contributed by atoms with Crippen LogP contribution in [0.25, 0.3) is 21.9 Å². The van der Waals surface area contributed by atoms with Crippen molar-refractivity contribution in [3.05, 3.63) is 64.3 Å². The van der Waals surface area contributed by atoms with Gasteiger partial charge < -0.3 is 14.9 Å². The first kappa shape index (κ1) is 18.6. The smallest absolute Gasteiger partial charge is 0.259 e. The summed E-state index contributed by atoms with van der Waals surface area (Å²) in [6, 6.07) is 12.6. The molecule has 0 saturated heterocycles. The molecule has 7 heteroatoms. The molecule has 27 heavy (non-hydrogen) atoms. The first-order valence-electron chi connectivity index (χ1n) is 8.20. The number of nitriles is 1. The molecule has 6 nitrogen and oxygen atoms in total. The lowest BCUT2D eigenvalue weighted by molar-refractivity contribution is 0.0803. The summed E-state index contributed by atoms with van der Waals surface area (Å²) in [5, 5.41) is 29.3. The highest BCUT2D eigenvalue weighted by atomic mass is 19.1. The van der Waals surface area contributed by atoms with Gasteiger partial charge in [0.05, 0.1) is 26.4 Å². The topological polar surface area (TPSA) is 95.5 Å². The summed E-state index contributed by atoms with van der Waals surface area (Å²) in [5.41, 5.74) is -0.232. The molecule has 1 atom stereocenters. The number of aliphatic hydroxyl groups is 2. The molecule has 0 fully saturated rings. The Morgan fingerprint density at radius 2 is 2.00 bits per heavy atom. The number of hydrogen-bond acceptors (Lipinski definition) is 5. The van der Waals surface area contributed by atoms with Crippen molar-refractivity contribution in [2.24, 2.45) is 0 Å². The third-order valence-corrected chi connectivity index (χ3v) is 4.33. The fraction of sp³-hybridized carbons (Fsp3) is 0.200. The quantitative estimate of drug-likeness (QED) is 0.719. The van der Waals surface area contributed by atoms with Crippen molar-refractivity contribution in [1.82, 2.24) is 4.57 Å². The third-order valence-electron chi connectivity index (χ3n) is 4.33. The molecule has 1 heterocycles. The van der Waals surface area contributed by atoms with E-state index in [1.54, 1.807) is 18.2 Å². The van der Waals surface area contributed by atoms with E-state index in [1.165, 1.54) is 31.4 Å².